The second-order valence-corrected chi connectivity index (χ2v) is 19.4. The van der Waals surface area contributed by atoms with Gasteiger partial charge in [0.15, 0.2) is 0 Å². The number of nitriles is 1. The van der Waals surface area contributed by atoms with Crippen LogP contribution >= 0.6 is 0 Å². The van der Waals surface area contributed by atoms with E-state index >= 15 is 0 Å². The van der Waals surface area contributed by atoms with E-state index in [9.17, 15) is 13.7 Å². The Hall–Kier alpha value is -3.71. The van der Waals surface area contributed by atoms with Gasteiger partial charge in [0.25, 0.3) is 10.0 Å². The Morgan fingerprint density at radius 1 is 0.976 bits per heavy atom. The van der Waals surface area contributed by atoms with Crippen LogP contribution in [0.3, 0.4) is 0 Å². The summed E-state index contributed by atoms with van der Waals surface area (Å²) in [6.45, 7) is 14.0. The quantitative estimate of drug-likeness (QED) is 0.138. The van der Waals surface area contributed by atoms with E-state index in [-0.39, 0.29) is 4.90 Å². The van der Waals surface area contributed by atoms with Crippen molar-refractivity contribution in [2.24, 2.45) is 0 Å². The minimum Gasteiger partial charge on any atom is -0.361 e. The molecule has 0 N–H and O–H groups in total. The summed E-state index contributed by atoms with van der Waals surface area (Å²) in [5.74, 6) is 0.811. The van der Waals surface area contributed by atoms with Crippen LogP contribution in [0.25, 0.3) is 21.9 Å². The average molecular weight is 585 g/mol. The van der Waals surface area contributed by atoms with Crippen LogP contribution in [0.15, 0.2) is 65.7 Å². The van der Waals surface area contributed by atoms with Gasteiger partial charge in [-0.3, -0.25) is 0 Å². The van der Waals surface area contributed by atoms with Crippen molar-refractivity contribution < 1.29 is 13.2 Å². The van der Waals surface area contributed by atoms with Gasteiger partial charge in [-0.2, -0.15) is 5.26 Å². The Kier molecular flexibility index (Phi) is 7.68. The fraction of sp³-hybridized carbons (Fsp3) is 0.312. The molecule has 2 heterocycles. The number of ether oxygens (including phenoxy) is 1. The van der Waals surface area contributed by atoms with Gasteiger partial charge in [-0.15, -0.1) is 0 Å². The van der Waals surface area contributed by atoms with Gasteiger partial charge in [-0.1, -0.05) is 43.4 Å². The van der Waals surface area contributed by atoms with Crippen LogP contribution in [0.5, 0.6) is 0 Å². The molecule has 41 heavy (non-hydrogen) atoms. The summed E-state index contributed by atoms with van der Waals surface area (Å²) in [4.78, 5) is 5.20. The average Bonchev–Trinajstić information content (AvgIpc) is 3.51. The van der Waals surface area contributed by atoms with Crippen molar-refractivity contribution in [2.45, 2.75) is 64.5 Å². The summed E-state index contributed by atoms with van der Waals surface area (Å²) in [6.07, 6.45) is 2.14. The van der Waals surface area contributed by atoms with E-state index < -0.39 is 18.1 Å². The lowest BCUT2D eigenvalue weighted by atomic mass is 9.98. The highest BCUT2D eigenvalue weighted by molar-refractivity contribution is 7.90. The lowest BCUT2D eigenvalue weighted by Gasteiger charge is -2.17. The molecule has 5 rings (SSSR count). The molecule has 0 saturated carbocycles. The third kappa shape index (κ3) is 5.73. The Labute approximate surface area is 243 Å². The predicted molar refractivity (Wildman–Crippen MR) is 167 cm³/mol. The van der Waals surface area contributed by atoms with E-state index in [0.29, 0.717) is 30.8 Å². The lowest BCUT2D eigenvalue weighted by molar-refractivity contribution is 0.0881. The minimum atomic E-state index is -3.78. The van der Waals surface area contributed by atoms with Crippen LogP contribution in [0.2, 0.25) is 25.7 Å². The molecular formula is C32H36N4O3SSi. The van der Waals surface area contributed by atoms with Crippen LogP contribution in [-0.2, 0) is 27.9 Å². The number of imidazole rings is 1. The maximum Gasteiger partial charge on any atom is 0.268 e. The second-order valence-electron chi connectivity index (χ2n) is 12.0. The van der Waals surface area contributed by atoms with E-state index in [1.54, 1.807) is 30.5 Å². The minimum absolute atomic E-state index is 0.257. The SMILES string of the molecule is Cc1ccc(S(=O)(=O)n2ccc3c(Cc4nc5cc(C#N)ccc5n4COCC[Si](C)(C)C)c(C)cc(C)c32)cc1. The first kappa shape index (κ1) is 28.8. The highest BCUT2D eigenvalue weighted by Crippen LogP contribution is 2.32. The van der Waals surface area contributed by atoms with Crippen LogP contribution in [0.4, 0.5) is 0 Å². The Morgan fingerprint density at radius 3 is 2.39 bits per heavy atom. The third-order valence-electron chi connectivity index (χ3n) is 7.55. The first-order valence-electron chi connectivity index (χ1n) is 13.8. The van der Waals surface area contributed by atoms with Gasteiger partial charge < -0.3 is 9.30 Å². The van der Waals surface area contributed by atoms with Crippen molar-refractivity contribution in [2.75, 3.05) is 6.61 Å². The van der Waals surface area contributed by atoms with Gasteiger partial charge in [0.1, 0.15) is 12.6 Å². The number of benzene rings is 3. The molecule has 0 atom stereocenters. The molecule has 0 fully saturated rings. The van der Waals surface area contributed by atoms with E-state index in [4.69, 9.17) is 9.72 Å². The zero-order valence-corrected chi connectivity index (χ0v) is 26.3. The Bertz CT molecular complexity index is 1910. The summed E-state index contributed by atoms with van der Waals surface area (Å²) in [5.41, 5.74) is 6.86. The number of aryl methyl sites for hydroxylation is 3. The summed E-state index contributed by atoms with van der Waals surface area (Å²) in [5, 5.41) is 10.3. The molecule has 0 amide bonds. The molecule has 3 aromatic carbocycles. The molecule has 0 spiro atoms. The van der Waals surface area contributed by atoms with Crippen LogP contribution in [0, 0.1) is 32.1 Å². The van der Waals surface area contributed by atoms with Crippen molar-refractivity contribution in [3.8, 4) is 6.07 Å². The van der Waals surface area contributed by atoms with Crippen molar-refractivity contribution in [3.05, 3.63) is 94.4 Å². The Morgan fingerprint density at radius 2 is 1.71 bits per heavy atom. The van der Waals surface area contributed by atoms with Gasteiger partial charge in [-0.25, -0.2) is 17.4 Å². The molecule has 0 aliphatic heterocycles. The smallest absolute Gasteiger partial charge is 0.268 e. The number of rotatable bonds is 9. The Balaban J connectivity index is 1.59. The molecule has 7 nitrogen and oxygen atoms in total. The molecule has 5 aromatic rings. The number of nitrogens with zero attached hydrogens (tertiary/aromatic N) is 4. The van der Waals surface area contributed by atoms with E-state index in [1.807, 2.05) is 44.2 Å². The van der Waals surface area contributed by atoms with Crippen molar-refractivity contribution in [1.82, 2.24) is 13.5 Å². The zero-order chi connectivity index (χ0) is 29.5. The van der Waals surface area contributed by atoms with Crippen molar-refractivity contribution in [1.29, 1.82) is 5.26 Å². The number of aromatic nitrogens is 3. The van der Waals surface area contributed by atoms with Gasteiger partial charge in [0.05, 0.1) is 33.1 Å². The van der Waals surface area contributed by atoms with Gasteiger partial charge in [0, 0.05) is 32.7 Å². The van der Waals surface area contributed by atoms with Crippen molar-refractivity contribution >= 4 is 40.0 Å². The molecule has 0 radical (unpaired) electrons. The monoisotopic (exact) mass is 584 g/mol. The molecule has 0 aliphatic rings. The normalized spacial score (nSPS) is 12.3. The highest BCUT2D eigenvalue weighted by Gasteiger charge is 2.23. The number of fused-ring (bicyclic) bond motifs is 2. The molecule has 9 heteroatoms. The largest absolute Gasteiger partial charge is 0.361 e. The van der Waals surface area contributed by atoms with E-state index in [1.165, 1.54) is 3.97 Å². The van der Waals surface area contributed by atoms with Crippen LogP contribution in [0.1, 0.15) is 33.6 Å². The van der Waals surface area contributed by atoms with E-state index in [2.05, 4.69) is 37.2 Å². The predicted octanol–water partition coefficient (Wildman–Crippen LogP) is 6.93. The summed E-state index contributed by atoms with van der Waals surface area (Å²) < 4.78 is 37.0. The van der Waals surface area contributed by atoms with Gasteiger partial charge >= 0.3 is 0 Å². The molecule has 0 unspecified atom stereocenters. The third-order valence-corrected chi connectivity index (χ3v) is 10.9. The highest BCUT2D eigenvalue weighted by atomic mass is 32.2. The summed E-state index contributed by atoms with van der Waals surface area (Å²) >= 11 is 0. The molecule has 0 saturated heterocycles. The second kappa shape index (κ2) is 10.9. The lowest BCUT2D eigenvalue weighted by Crippen LogP contribution is -2.22. The zero-order valence-electron chi connectivity index (χ0n) is 24.5. The topological polar surface area (TPSA) is 89.9 Å². The standard InChI is InChI=1S/C32H36N4O3SSi/c1-22-7-10-26(11-8-22)40(37,38)36-14-13-27-28(23(2)17-24(3)32(27)36)19-31-34-29-18-25(20-33)9-12-30(29)35(31)21-39-15-16-41(4,5)6/h7-14,17-18H,15-16,19,21H2,1-6H3. The maximum atomic E-state index is 13.7. The molecule has 0 bridgehead atoms. The first-order chi connectivity index (χ1) is 19.4. The van der Waals surface area contributed by atoms with Crippen LogP contribution in [-0.4, -0.2) is 36.6 Å². The molecular weight excluding hydrogens is 549 g/mol. The number of hydrogen-bond donors (Lipinski definition) is 0. The number of hydrogen-bond acceptors (Lipinski definition) is 5. The molecule has 0 aliphatic carbocycles. The van der Waals surface area contributed by atoms with Crippen molar-refractivity contribution in [3.63, 3.8) is 0 Å². The van der Waals surface area contributed by atoms with Gasteiger partial charge in [0.2, 0.25) is 0 Å². The fourth-order valence-corrected chi connectivity index (χ4v) is 7.38. The van der Waals surface area contributed by atoms with E-state index in [0.717, 1.165) is 50.5 Å². The maximum absolute atomic E-state index is 13.7. The summed E-state index contributed by atoms with van der Waals surface area (Å²) in [6, 6.07) is 19.7. The first-order valence-corrected chi connectivity index (χ1v) is 18.9. The summed E-state index contributed by atoms with van der Waals surface area (Å²) in [7, 11) is -5.02. The fourth-order valence-electron chi connectivity index (χ4n) is 5.22. The molecule has 212 valence electrons. The van der Waals surface area contributed by atoms with Gasteiger partial charge in [-0.05, 0) is 79.9 Å². The van der Waals surface area contributed by atoms with Crippen LogP contribution < -0.4 is 0 Å². The molecule has 2 aromatic heterocycles.